The lowest BCUT2D eigenvalue weighted by Crippen LogP contribution is -2.57. The standard InChI is InChI=1S/C23H24F4N8O2/c1-36-22-21-20(12-2-3-17-18(6-12)34(32-30-17)9-19(26)27)15(25)8-35(21)31-23(29-22)28-16-4-5-33(7-14(16)24)13-10-37-11-13/h2-3,6,8,13-14,16,19H,4-5,7,9-11H2,1H3,(H,28,31)/t14-,16+/m1/s1/i1D3. The molecule has 0 unspecified atom stereocenters. The number of ether oxygens (including phenoxy) is 2. The third kappa shape index (κ3) is 4.33. The van der Waals surface area contributed by atoms with E-state index in [2.05, 4.69) is 25.7 Å². The van der Waals surface area contributed by atoms with E-state index in [0.717, 1.165) is 15.4 Å². The van der Waals surface area contributed by atoms with Gasteiger partial charge in [-0.1, -0.05) is 11.3 Å². The summed E-state index contributed by atoms with van der Waals surface area (Å²) >= 11 is 0. The van der Waals surface area contributed by atoms with E-state index in [1.54, 1.807) is 0 Å². The van der Waals surface area contributed by atoms with Crippen molar-refractivity contribution < 1.29 is 31.1 Å². The molecule has 2 aliphatic rings. The quantitative estimate of drug-likeness (QED) is 0.370. The lowest BCUT2D eigenvalue weighted by Gasteiger charge is -2.42. The highest BCUT2D eigenvalue weighted by molar-refractivity contribution is 5.89. The van der Waals surface area contributed by atoms with Crippen LogP contribution in [-0.2, 0) is 11.3 Å². The normalized spacial score (nSPS) is 22.7. The molecule has 1 aromatic carbocycles. The SMILES string of the molecule is [2H]C([2H])([2H])Oc1nc(N[C@H]2CCN(C3COC3)C[C@H]2F)nn2cc(F)c(-c3ccc4nnn(CC(F)F)c4c3)c12. The zero-order chi connectivity index (χ0) is 28.2. The van der Waals surface area contributed by atoms with Crippen LogP contribution in [0, 0.1) is 5.82 Å². The number of likely N-dealkylation sites (tertiary alicyclic amines) is 1. The third-order valence-corrected chi connectivity index (χ3v) is 6.79. The summed E-state index contributed by atoms with van der Waals surface area (Å²) in [4.78, 5) is 6.20. The van der Waals surface area contributed by atoms with Crippen LogP contribution in [0.1, 0.15) is 10.5 Å². The van der Waals surface area contributed by atoms with Crippen LogP contribution in [0.4, 0.5) is 23.5 Å². The number of hydrogen-bond donors (Lipinski definition) is 1. The Bertz CT molecular complexity index is 1540. The molecule has 14 heteroatoms. The fraction of sp³-hybridized carbons (Fsp3) is 0.478. The van der Waals surface area contributed by atoms with Crippen molar-refractivity contribution in [1.29, 1.82) is 0 Å². The van der Waals surface area contributed by atoms with Gasteiger partial charge in [0, 0.05) is 13.1 Å². The lowest BCUT2D eigenvalue weighted by atomic mass is 10.0. The predicted octanol–water partition coefficient (Wildman–Crippen LogP) is 2.78. The van der Waals surface area contributed by atoms with Gasteiger partial charge in [0.1, 0.15) is 23.7 Å². The Hall–Kier alpha value is -3.52. The minimum atomic E-state index is -2.95. The number of alkyl halides is 3. The van der Waals surface area contributed by atoms with Crippen LogP contribution >= 0.6 is 0 Å². The third-order valence-electron chi connectivity index (χ3n) is 6.79. The van der Waals surface area contributed by atoms with Crippen LogP contribution in [0.25, 0.3) is 27.7 Å². The molecule has 0 bridgehead atoms. The number of rotatable bonds is 7. The molecule has 3 aromatic heterocycles. The Morgan fingerprint density at radius 1 is 1.32 bits per heavy atom. The number of hydrogen-bond acceptors (Lipinski definition) is 8. The topological polar surface area (TPSA) is 94.6 Å². The number of piperidine rings is 1. The minimum absolute atomic E-state index is 0.108. The summed E-state index contributed by atoms with van der Waals surface area (Å²) in [6.45, 7) is 1.23. The lowest BCUT2D eigenvalue weighted by molar-refractivity contribution is -0.0794. The molecule has 2 atom stereocenters. The van der Waals surface area contributed by atoms with Gasteiger partial charge in [-0.05, 0) is 24.1 Å². The Morgan fingerprint density at radius 2 is 2.19 bits per heavy atom. The Morgan fingerprint density at radius 3 is 2.92 bits per heavy atom. The zero-order valence-electron chi connectivity index (χ0n) is 22.3. The molecule has 196 valence electrons. The summed E-state index contributed by atoms with van der Waals surface area (Å²) < 4.78 is 91.7. The first-order valence-electron chi connectivity index (χ1n) is 13.2. The summed E-state index contributed by atoms with van der Waals surface area (Å²) in [5.41, 5.74) is 0.524. The van der Waals surface area contributed by atoms with Gasteiger partial charge in [-0.25, -0.2) is 26.8 Å². The molecular weight excluding hydrogens is 496 g/mol. The maximum atomic E-state index is 15.4. The number of nitrogens with one attached hydrogen (secondary N) is 1. The number of halogens is 4. The maximum absolute atomic E-state index is 15.4. The molecule has 0 saturated carbocycles. The Labute approximate surface area is 212 Å². The molecule has 0 radical (unpaired) electrons. The second-order valence-corrected chi connectivity index (χ2v) is 9.10. The van der Waals surface area contributed by atoms with E-state index < -0.39 is 43.9 Å². The molecule has 5 heterocycles. The highest BCUT2D eigenvalue weighted by Crippen LogP contribution is 2.35. The van der Waals surface area contributed by atoms with Crippen molar-refractivity contribution in [2.45, 2.75) is 37.6 Å². The van der Waals surface area contributed by atoms with Gasteiger partial charge < -0.3 is 14.8 Å². The van der Waals surface area contributed by atoms with Gasteiger partial charge in [0.25, 0.3) is 6.43 Å². The number of methoxy groups -OCH3 is 1. The summed E-state index contributed by atoms with van der Waals surface area (Å²) in [6.07, 6.45) is -2.52. The van der Waals surface area contributed by atoms with Crippen molar-refractivity contribution in [2.24, 2.45) is 0 Å². The van der Waals surface area contributed by atoms with Gasteiger partial charge in [0.15, 0.2) is 5.82 Å². The highest BCUT2D eigenvalue weighted by atomic mass is 19.3. The van der Waals surface area contributed by atoms with Gasteiger partial charge in [-0.15, -0.1) is 10.2 Å². The molecule has 0 spiro atoms. The van der Waals surface area contributed by atoms with E-state index in [-0.39, 0.29) is 40.7 Å². The Balaban J connectivity index is 1.37. The molecule has 2 saturated heterocycles. The Kier molecular flexibility index (Phi) is 5.22. The van der Waals surface area contributed by atoms with Gasteiger partial charge in [0.05, 0.1) is 53.7 Å². The van der Waals surface area contributed by atoms with Crippen LogP contribution in [0.2, 0.25) is 0 Å². The van der Waals surface area contributed by atoms with Crippen LogP contribution < -0.4 is 10.1 Å². The average molecular weight is 524 g/mol. The van der Waals surface area contributed by atoms with Crippen molar-refractivity contribution in [2.75, 3.05) is 38.7 Å². The summed E-state index contributed by atoms with van der Waals surface area (Å²) in [5, 5.41) is 14.7. The number of nitrogens with zero attached hydrogens (tertiary/aromatic N) is 7. The van der Waals surface area contributed by atoms with Gasteiger partial charge in [-0.2, -0.15) is 4.98 Å². The molecule has 6 rings (SSSR count). The average Bonchev–Trinajstić information content (AvgIpc) is 3.38. The van der Waals surface area contributed by atoms with E-state index in [1.807, 2.05) is 4.90 Å². The van der Waals surface area contributed by atoms with Crippen LogP contribution in [-0.4, -0.2) is 92.5 Å². The van der Waals surface area contributed by atoms with Crippen LogP contribution in [0.15, 0.2) is 24.4 Å². The number of aromatic nitrogens is 6. The molecule has 4 aromatic rings. The van der Waals surface area contributed by atoms with Crippen molar-refractivity contribution in [1.82, 2.24) is 34.5 Å². The molecule has 1 N–H and O–H groups in total. The van der Waals surface area contributed by atoms with E-state index in [1.165, 1.54) is 18.2 Å². The first kappa shape index (κ1) is 20.5. The van der Waals surface area contributed by atoms with Crippen LogP contribution in [0.5, 0.6) is 5.88 Å². The van der Waals surface area contributed by atoms with Crippen molar-refractivity contribution >= 4 is 22.5 Å². The second kappa shape index (κ2) is 9.41. The molecular formula is C23H24F4N8O2. The smallest absolute Gasteiger partial charge is 0.258 e. The van der Waals surface area contributed by atoms with E-state index in [9.17, 15) is 8.78 Å². The van der Waals surface area contributed by atoms with E-state index in [4.69, 9.17) is 13.6 Å². The predicted molar refractivity (Wildman–Crippen MR) is 125 cm³/mol. The van der Waals surface area contributed by atoms with E-state index in [0.29, 0.717) is 31.7 Å². The molecule has 2 aliphatic heterocycles. The van der Waals surface area contributed by atoms with E-state index >= 15 is 8.78 Å². The second-order valence-electron chi connectivity index (χ2n) is 9.10. The fourth-order valence-corrected chi connectivity index (χ4v) is 4.84. The molecule has 2 fully saturated rings. The van der Waals surface area contributed by atoms with Gasteiger partial charge in [0.2, 0.25) is 11.8 Å². The molecule has 0 aliphatic carbocycles. The zero-order valence-corrected chi connectivity index (χ0v) is 19.3. The first-order valence-corrected chi connectivity index (χ1v) is 11.7. The van der Waals surface area contributed by atoms with Crippen LogP contribution in [0.3, 0.4) is 0 Å². The van der Waals surface area contributed by atoms with Crippen molar-refractivity contribution in [3.05, 3.63) is 30.2 Å². The number of benzene rings is 1. The number of fused-ring (bicyclic) bond motifs is 2. The maximum Gasteiger partial charge on any atom is 0.258 e. The largest absolute Gasteiger partial charge is 0.479 e. The molecule has 37 heavy (non-hydrogen) atoms. The molecule has 0 amide bonds. The summed E-state index contributed by atoms with van der Waals surface area (Å²) in [5.74, 6) is -1.40. The van der Waals surface area contributed by atoms with Crippen molar-refractivity contribution in [3.8, 4) is 17.0 Å². The fourth-order valence-electron chi connectivity index (χ4n) is 4.84. The minimum Gasteiger partial charge on any atom is -0.479 e. The van der Waals surface area contributed by atoms with Gasteiger partial charge in [-0.3, -0.25) is 4.90 Å². The summed E-state index contributed by atoms with van der Waals surface area (Å²) in [6, 6.07) is 3.90. The summed E-state index contributed by atoms with van der Waals surface area (Å²) in [7, 11) is -2.95. The van der Waals surface area contributed by atoms with Crippen molar-refractivity contribution in [3.63, 3.8) is 0 Å². The van der Waals surface area contributed by atoms with Gasteiger partial charge >= 0.3 is 0 Å². The molecule has 10 nitrogen and oxygen atoms in total. The monoisotopic (exact) mass is 523 g/mol. The number of anilines is 1. The first-order chi connectivity index (χ1) is 19.1. The highest BCUT2D eigenvalue weighted by Gasteiger charge is 2.36.